The summed E-state index contributed by atoms with van der Waals surface area (Å²) in [7, 11) is 0. The van der Waals surface area contributed by atoms with Crippen LogP contribution in [0.1, 0.15) is 0 Å². The van der Waals surface area contributed by atoms with Gasteiger partial charge in [-0.2, -0.15) is 0 Å². The predicted molar refractivity (Wildman–Crippen MR) is 37.8 cm³/mol. The molecule has 52 valence electrons. The predicted octanol–water partition coefficient (Wildman–Crippen LogP) is 0.196. The standard InChI is InChI=1S/C6H4ClFN2/c7-3-1-5(9)6(10)2-4(3)8/h1-2,9-10H/p+1. The normalized spacial score (nSPS) is 18.6. The van der Waals surface area contributed by atoms with E-state index >= 15 is 0 Å². The van der Waals surface area contributed by atoms with E-state index in [4.69, 9.17) is 22.4 Å². The fourth-order valence-electron chi connectivity index (χ4n) is 0.562. The van der Waals surface area contributed by atoms with Crippen molar-refractivity contribution in [2.24, 2.45) is 0 Å². The molecule has 0 radical (unpaired) electrons. The molecule has 0 saturated heterocycles. The second-order valence-corrected chi connectivity index (χ2v) is 2.26. The molecular formula is C6H5ClFN2+. The third-order valence-electron chi connectivity index (χ3n) is 1.09. The molecule has 0 amide bonds. The lowest BCUT2D eigenvalue weighted by Gasteiger charge is -1.99. The largest absolute Gasteiger partial charge is 0.294 e. The highest BCUT2D eigenvalue weighted by Crippen LogP contribution is 2.18. The zero-order valence-electron chi connectivity index (χ0n) is 4.99. The number of hydrogen-bond donors (Lipinski definition) is 2. The summed E-state index contributed by atoms with van der Waals surface area (Å²) in [6, 6.07) is 0. The maximum Gasteiger partial charge on any atom is 0.224 e. The van der Waals surface area contributed by atoms with E-state index in [9.17, 15) is 4.39 Å². The molecule has 0 heterocycles. The maximum absolute atomic E-state index is 12.5. The van der Waals surface area contributed by atoms with Crippen LogP contribution in [0.25, 0.3) is 0 Å². The lowest BCUT2D eigenvalue weighted by Crippen LogP contribution is -2.43. The van der Waals surface area contributed by atoms with E-state index in [2.05, 4.69) is 0 Å². The van der Waals surface area contributed by atoms with Crippen LogP contribution in [0.5, 0.6) is 0 Å². The van der Waals surface area contributed by atoms with Gasteiger partial charge in [-0.1, -0.05) is 11.6 Å². The lowest BCUT2D eigenvalue weighted by molar-refractivity contribution is -0.109. The monoisotopic (exact) mass is 159 g/mol. The highest BCUT2D eigenvalue weighted by atomic mass is 35.5. The minimum atomic E-state index is -0.588. The molecule has 0 atom stereocenters. The van der Waals surface area contributed by atoms with Crippen molar-refractivity contribution in [3.05, 3.63) is 23.0 Å². The van der Waals surface area contributed by atoms with E-state index in [1.165, 1.54) is 6.08 Å². The Balaban J connectivity index is 3.06. The second kappa shape index (κ2) is 2.34. The van der Waals surface area contributed by atoms with Crippen LogP contribution in [0, 0.1) is 5.41 Å². The highest BCUT2D eigenvalue weighted by Gasteiger charge is 2.16. The van der Waals surface area contributed by atoms with Crippen molar-refractivity contribution in [1.82, 2.24) is 0 Å². The zero-order chi connectivity index (χ0) is 7.72. The molecule has 1 aliphatic carbocycles. The molecule has 3 N–H and O–H groups in total. The Morgan fingerprint density at radius 2 is 2.10 bits per heavy atom. The van der Waals surface area contributed by atoms with E-state index in [0.29, 0.717) is 0 Å². The Kier molecular flexibility index (Phi) is 1.68. The van der Waals surface area contributed by atoms with Crippen molar-refractivity contribution < 1.29 is 9.80 Å². The van der Waals surface area contributed by atoms with Crippen molar-refractivity contribution in [1.29, 1.82) is 5.41 Å². The van der Waals surface area contributed by atoms with Crippen molar-refractivity contribution in [2.75, 3.05) is 0 Å². The van der Waals surface area contributed by atoms with Crippen LogP contribution in [0.3, 0.4) is 0 Å². The molecule has 0 spiro atoms. The quantitative estimate of drug-likeness (QED) is 0.475. The molecule has 0 aromatic carbocycles. The summed E-state index contributed by atoms with van der Waals surface area (Å²) in [5, 5.41) is 12.2. The summed E-state index contributed by atoms with van der Waals surface area (Å²) in [4.78, 5) is 0. The van der Waals surface area contributed by atoms with E-state index in [-0.39, 0.29) is 16.5 Å². The first-order chi connectivity index (χ1) is 4.61. The van der Waals surface area contributed by atoms with Gasteiger partial charge in [-0.05, 0) is 6.08 Å². The van der Waals surface area contributed by atoms with Gasteiger partial charge in [0.05, 0.1) is 5.03 Å². The molecular weight excluding hydrogens is 155 g/mol. The summed E-state index contributed by atoms with van der Waals surface area (Å²) < 4.78 is 12.5. The molecule has 1 rings (SSSR count). The molecule has 0 unspecified atom stereocenters. The molecule has 0 saturated carbocycles. The molecule has 0 bridgehead atoms. The summed E-state index contributed by atoms with van der Waals surface area (Å²) >= 11 is 5.34. The molecule has 1 aliphatic rings. The highest BCUT2D eigenvalue weighted by molar-refractivity contribution is 6.51. The van der Waals surface area contributed by atoms with Crippen molar-refractivity contribution in [2.45, 2.75) is 0 Å². The minimum absolute atomic E-state index is 0.0476. The van der Waals surface area contributed by atoms with Gasteiger partial charge in [-0.25, -0.2) is 4.39 Å². The first kappa shape index (κ1) is 7.15. The van der Waals surface area contributed by atoms with Crippen LogP contribution in [-0.4, -0.2) is 11.4 Å². The molecule has 0 fully saturated rings. The van der Waals surface area contributed by atoms with Gasteiger partial charge >= 0.3 is 0 Å². The Morgan fingerprint density at radius 3 is 2.60 bits per heavy atom. The van der Waals surface area contributed by atoms with Crippen LogP contribution in [0.4, 0.5) is 4.39 Å². The van der Waals surface area contributed by atoms with Gasteiger partial charge in [-0.15, -0.1) is 0 Å². The van der Waals surface area contributed by atoms with Crippen LogP contribution in [0.15, 0.2) is 23.0 Å². The van der Waals surface area contributed by atoms with Gasteiger partial charge in [0.1, 0.15) is 11.5 Å². The number of rotatable bonds is 0. The van der Waals surface area contributed by atoms with Gasteiger partial charge in [0.2, 0.25) is 5.71 Å². The minimum Gasteiger partial charge on any atom is -0.294 e. The molecule has 0 aromatic rings. The molecule has 0 aliphatic heterocycles. The molecule has 4 heteroatoms. The SMILES string of the molecule is N=C1C=C(Cl)C(F)=CC1=[NH2+]. The first-order valence-corrected chi connectivity index (χ1v) is 2.95. The van der Waals surface area contributed by atoms with Crippen molar-refractivity contribution >= 4 is 23.0 Å². The second-order valence-electron chi connectivity index (χ2n) is 1.85. The van der Waals surface area contributed by atoms with Gasteiger partial charge < -0.3 is 0 Å². The Bertz CT molecular complexity index is 237. The van der Waals surface area contributed by atoms with Crippen molar-refractivity contribution in [3.8, 4) is 0 Å². The fraction of sp³-hybridized carbons (Fsp3) is 0. The van der Waals surface area contributed by atoms with Crippen LogP contribution < -0.4 is 5.41 Å². The third kappa shape index (κ3) is 1.14. The average molecular weight is 160 g/mol. The Labute approximate surface area is 62.0 Å². The van der Waals surface area contributed by atoms with Crippen LogP contribution >= 0.6 is 11.6 Å². The van der Waals surface area contributed by atoms with Gasteiger partial charge in [0.25, 0.3) is 0 Å². The zero-order valence-corrected chi connectivity index (χ0v) is 5.74. The van der Waals surface area contributed by atoms with Crippen molar-refractivity contribution in [3.63, 3.8) is 0 Å². The molecule has 0 aromatic heterocycles. The summed E-state index contributed by atoms with van der Waals surface area (Å²) in [5.41, 5.74) is 0.147. The number of allylic oxidation sites excluding steroid dienone is 4. The summed E-state index contributed by atoms with van der Waals surface area (Å²) in [6.07, 6.45) is 2.21. The first-order valence-electron chi connectivity index (χ1n) is 2.57. The van der Waals surface area contributed by atoms with Crippen LogP contribution in [0.2, 0.25) is 0 Å². The molecule has 2 nitrogen and oxygen atoms in total. The van der Waals surface area contributed by atoms with E-state index < -0.39 is 5.83 Å². The molecule has 10 heavy (non-hydrogen) atoms. The summed E-state index contributed by atoms with van der Waals surface area (Å²) in [5.74, 6) is -0.588. The van der Waals surface area contributed by atoms with Gasteiger partial charge in [-0.3, -0.25) is 10.8 Å². The van der Waals surface area contributed by atoms with E-state index in [1.54, 1.807) is 0 Å². The smallest absolute Gasteiger partial charge is 0.224 e. The van der Waals surface area contributed by atoms with Gasteiger partial charge in [0, 0.05) is 6.08 Å². The van der Waals surface area contributed by atoms with E-state index in [1.807, 2.05) is 0 Å². The Hall–Kier alpha value is -0.960. The topological polar surface area (TPSA) is 49.4 Å². The number of hydrogen-bond acceptors (Lipinski definition) is 1. The number of nitrogens with two attached hydrogens (primary N) is 1. The third-order valence-corrected chi connectivity index (χ3v) is 1.38. The fourth-order valence-corrected chi connectivity index (χ4v) is 0.726. The lowest BCUT2D eigenvalue weighted by atomic mass is 10.1. The van der Waals surface area contributed by atoms with Crippen LogP contribution in [-0.2, 0) is 0 Å². The van der Waals surface area contributed by atoms with Gasteiger partial charge in [0.15, 0.2) is 0 Å². The van der Waals surface area contributed by atoms with E-state index in [0.717, 1.165) is 6.08 Å². The summed E-state index contributed by atoms with van der Waals surface area (Å²) in [6.45, 7) is 0. The number of nitrogens with one attached hydrogen (secondary N) is 1. The average Bonchev–Trinajstić information content (AvgIpc) is 1.84. The number of halogens is 2. The maximum atomic E-state index is 12.5. The Morgan fingerprint density at radius 1 is 1.50 bits per heavy atom.